The third-order valence-corrected chi connectivity index (χ3v) is 5.40. The van der Waals surface area contributed by atoms with Gasteiger partial charge in [0.2, 0.25) is 0 Å². The zero-order valence-electron chi connectivity index (χ0n) is 8.99. The highest BCUT2D eigenvalue weighted by Gasteiger charge is 2.25. The van der Waals surface area contributed by atoms with Crippen molar-refractivity contribution in [2.45, 2.75) is 36.4 Å². The molecule has 0 aromatic heterocycles. The molecule has 0 radical (unpaired) electrons. The van der Waals surface area contributed by atoms with Crippen molar-refractivity contribution in [3.05, 3.63) is 0 Å². The molecule has 0 saturated carbocycles. The van der Waals surface area contributed by atoms with Gasteiger partial charge in [0.25, 0.3) is 0 Å². The molecule has 0 aliphatic carbocycles. The molecule has 0 amide bonds. The Balaban J connectivity index is 4.05. The first kappa shape index (κ1) is 15.6. The molecule has 6 N–H and O–H groups in total. The monoisotopic (exact) mass is 268 g/mol. The summed E-state index contributed by atoms with van der Waals surface area (Å²) in [6.45, 7) is 3.35. The first-order chi connectivity index (χ1) is 7.27. The minimum absolute atomic E-state index is 0.314. The van der Waals surface area contributed by atoms with Crippen molar-refractivity contribution in [1.29, 1.82) is 0 Å². The summed E-state index contributed by atoms with van der Waals surface area (Å²) in [5.74, 6) is -2.15. The van der Waals surface area contributed by atoms with Crippen LogP contribution in [-0.4, -0.2) is 44.7 Å². The van der Waals surface area contributed by atoms with E-state index in [0.717, 1.165) is 0 Å². The van der Waals surface area contributed by atoms with Gasteiger partial charge in [-0.3, -0.25) is 9.59 Å². The molecule has 0 aromatic rings. The Morgan fingerprint density at radius 2 is 1.19 bits per heavy atom. The van der Waals surface area contributed by atoms with Crippen LogP contribution in [-0.2, 0) is 9.59 Å². The Morgan fingerprint density at radius 1 is 0.938 bits per heavy atom. The second-order valence-electron chi connectivity index (χ2n) is 3.33. The molecular formula is C8H16N2O4S2. The Labute approximate surface area is 102 Å². The Bertz CT molecular complexity index is 238. The second-order valence-corrected chi connectivity index (χ2v) is 6.36. The minimum Gasteiger partial charge on any atom is -0.480 e. The number of carboxylic acids is 2. The Morgan fingerprint density at radius 3 is 1.38 bits per heavy atom. The number of carboxylic acid groups (broad SMARTS) is 2. The van der Waals surface area contributed by atoms with Crippen LogP contribution in [0.3, 0.4) is 0 Å². The van der Waals surface area contributed by atoms with Gasteiger partial charge in [0.1, 0.15) is 12.1 Å². The average Bonchev–Trinajstić information content (AvgIpc) is 2.22. The van der Waals surface area contributed by atoms with Gasteiger partial charge in [0, 0.05) is 10.5 Å². The van der Waals surface area contributed by atoms with E-state index in [1.54, 1.807) is 13.8 Å². The highest BCUT2D eigenvalue weighted by molar-refractivity contribution is 8.77. The molecule has 94 valence electrons. The smallest absolute Gasteiger partial charge is 0.321 e. The van der Waals surface area contributed by atoms with Crippen LogP contribution in [0.1, 0.15) is 13.8 Å². The summed E-state index contributed by atoms with van der Waals surface area (Å²) >= 11 is 0. The zero-order chi connectivity index (χ0) is 12.9. The summed E-state index contributed by atoms with van der Waals surface area (Å²) in [6, 6.07) is -1.93. The van der Waals surface area contributed by atoms with E-state index < -0.39 is 24.0 Å². The van der Waals surface area contributed by atoms with Crippen molar-refractivity contribution in [1.82, 2.24) is 0 Å². The number of nitrogens with two attached hydrogens (primary N) is 2. The summed E-state index contributed by atoms with van der Waals surface area (Å²) in [5, 5.41) is 16.7. The highest BCUT2D eigenvalue weighted by atomic mass is 33.1. The van der Waals surface area contributed by atoms with E-state index in [9.17, 15) is 9.59 Å². The fourth-order valence-electron chi connectivity index (χ4n) is 0.697. The van der Waals surface area contributed by atoms with Crippen LogP contribution in [0.2, 0.25) is 0 Å². The van der Waals surface area contributed by atoms with Gasteiger partial charge in [-0.1, -0.05) is 35.4 Å². The summed E-state index contributed by atoms with van der Waals surface area (Å²) < 4.78 is 0. The van der Waals surface area contributed by atoms with Gasteiger partial charge in [-0.15, -0.1) is 0 Å². The molecule has 0 heterocycles. The van der Waals surface area contributed by atoms with Crippen LogP contribution in [0.5, 0.6) is 0 Å². The highest BCUT2D eigenvalue weighted by Crippen LogP contribution is 2.33. The standard InChI is InChI=1S/C8H16N2O4S2/c1-3(5(9)7(11)12)15-16-4(2)6(10)8(13)14/h3-6H,9-10H2,1-2H3,(H,11,12)(H,13,14)/t3?,4?,5-,6-/m1/s1. The van der Waals surface area contributed by atoms with E-state index in [0.29, 0.717) is 0 Å². The van der Waals surface area contributed by atoms with Crippen LogP contribution in [0.4, 0.5) is 0 Å². The van der Waals surface area contributed by atoms with E-state index in [-0.39, 0.29) is 10.5 Å². The molecule has 0 aliphatic heterocycles. The molecule has 6 nitrogen and oxygen atoms in total. The largest absolute Gasteiger partial charge is 0.480 e. The minimum atomic E-state index is -1.07. The van der Waals surface area contributed by atoms with Crippen molar-refractivity contribution >= 4 is 33.5 Å². The molecule has 16 heavy (non-hydrogen) atoms. The fraction of sp³-hybridized carbons (Fsp3) is 0.750. The topological polar surface area (TPSA) is 127 Å². The van der Waals surface area contributed by atoms with Crippen molar-refractivity contribution < 1.29 is 19.8 Å². The molecule has 0 aliphatic rings. The Kier molecular flexibility index (Phi) is 6.81. The van der Waals surface area contributed by atoms with Crippen molar-refractivity contribution in [2.24, 2.45) is 11.5 Å². The second kappa shape index (κ2) is 7.00. The van der Waals surface area contributed by atoms with Crippen LogP contribution in [0, 0.1) is 0 Å². The molecule has 0 bridgehead atoms. The maximum atomic E-state index is 10.6. The number of hydrogen-bond donors (Lipinski definition) is 4. The lowest BCUT2D eigenvalue weighted by atomic mass is 10.2. The molecule has 8 heteroatoms. The SMILES string of the molecule is CC(SSC(C)[C@@H](N)C(=O)O)[C@@H](N)C(=O)O. The Hall–Kier alpha value is -0.440. The lowest BCUT2D eigenvalue weighted by Crippen LogP contribution is -2.40. The number of carbonyl (C=O) groups is 2. The van der Waals surface area contributed by atoms with Crippen LogP contribution in [0.15, 0.2) is 0 Å². The van der Waals surface area contributed by atoms with Gasteiger partial charge in [-0.2, -0.15) is 0 Å². The quantitative estimate of drug-likeness (QED) is 0.474. The third kappa shape index (κ3) is 5.06. The predicted octanol–water partition coefficient (Wildman–Crippen LogP) is -0.0314. The predicted molar refractivity (Wildman–Crippen MR) is 65.3 cm³/mol. The van der Waals surface area contributed by atoms with Crippen molar-refractivity contribution in [3.63, 3.8) is 0 Å². The van der Waals surface area contributed by atoms with E-state index in [1.165, 1.54) is 21.6 Å². The first-order valence-electron chi connectivity index (χ1n) is 4.56. The van der Waals surface area contributed by atoms with Gasteiger partial charge in [0.15, 0.2) is 0 Å². The normalized spacial score (nSPS) is 18.5. The fourth-order valence-corrected chi connectivity index (χ4v) is 3.29. The lowest BCUT2D eigenvalue weighted by molar-refractivity contribution is -0.139. The molecule has 2 unspecified atom stereocenters. The third-order valence-electron chi connectivity index (χ3n) is 1.94. The van der Waals surface area contributed by atoms with E-state index in [1.807, 2.05) is 0 Å². The summed E-state index contributed by atoms with van der Waals surface area (Å²) in [5.41, 5.74) is 10.8. The average molecular weight is 268 g/mol. The summed E-state index contributed by atoms with van der Waals surface area (Å²) in [4.78, 5) is 21.1. The van der Waals surface area contributed by atoms with E-state index in [2.05, 4.69) is 0 Å². The van der Waals surface area contributed by atoms with Gasteiger partial charge in [-0.05, 0) is 0 Å². The zero-order valence-corrected chi connectivity index (χ0v) is 10.6. The van der Waals surface area contributed by atoms with Gasteiger partial charge in [-0.25, -0.2) is 0 Å². The molecule has 0 fully saturated rings. The van der Waals surface area contributed by atoms with Gasteiger partial charge < -0.3 is 21.7 Å². The number of hydrogen-bond acceptors (Lipinski definition) is 6. The summed E-state index contributed by atoms with van der Waals surface area (Å²) in [6.07, 6.45) is 0. The lowest BCUT2D eigenvalue weighted by Gasteiger charge is -2.19. The van der Waals surface area contributed by atoms with Gasteiger partial charge >= 0.3 is 11.9 Å². The molecule has 0 rings (SSSR count). The molecule has 0 saturated heterocycles. The maximum Gasteiger partial charge on any atom is 0.321 e. The van der Waals surface area contributed by atoms with Gasteiger partial charge in [0.05, 0.1) is 0 Å². The van der Waals surface area contributed by atoms with Crippen molar-refractivity contribution in [3.8, 4) is 0 Å². The molecule has 0 spiro atoms. The van der Waals surface area contributed by atoms with E-state index in [4.69, 9.17) is 21.7 Å². The van der Waals surface area contributed by atoms with E-state index >= 15 is 0 Å². The summed E-state index contributed by atoms with van der Waals surface area (Å²) in [7, 11) is 2.47. The maximum absolute atomic E-state index is 10.6. The number of rotatable bonds is 7. The molecule has 4 atom stereocenters. The molecular weight excluding hydrogens is 252 g/mol. The van der Waals surface area contributed by atoms with Crippen LogP contribution < -0.4 is 11.5 Å². The first-order valence-corrected chi connectivity index (χ1v) is 6.84. The van der Waals surface area contributed by atoms with Crippen LogP contribution in [0.25, 0.3) is 0 Å². The molecule has 0 aromatic carbocycles. The number of aliphatic carboxylic acids is 2. The van der Waals surface area contributed by atoms with Crippen molar-refractivity contribution in [2.75, 3.05) is 0 Å². The van der Waals surface area contributed by atoms with Crippen LogP contribution >= 0.6 is 21.6 Å².